The van der Waals surface area contributed by atoms with Gasteiger partial charge in [-0.1, -0.05) is 29.5 Å². The third-order valence-corrected chi connectivity index (χ3v) is 5.20. The second-order valence-electron chi connectivity index (χ2n) is 6.25. The molecule has 4 rings (SSSR count). The zero-order chi connectivity index (χ0) is 20.9. The molecule has 0 atom stereocenters. The van der Waals surface area contributed by atoms with E-state index < -0.39 is 17.5 Å². The minimum absolute atomic E-state index is 0.0100. The van der Waals surface area contributed by atoms with Crippen LogP contribution in [0.1, 0.15) is 5.56 Å². The summed E-state index contributed by atoms with van der Waals surface area (Å²) in [5.41, 5.74) is 1.25. The smallest absolute Gasteiger partial charge is 0.256 e. The number of benzene rings is 2. The highest BCUT2D eigenvalue weighted by molar-refractivity contribution is 7.22. The van der Waals surface area contributed by atoms with Crippen LogP contribution in [0.25, 0.3) is 10.2 Å². The standard InChI is InChI=1S/C22H15F2N3O2S/c23-16-7-8-20-18(12-16)26-22(30-20)27(14-15-4-3-10-25-13-15)21(28)9-11-29-19-6-2-1-5-17(19)24/h1-13H,14H2. The van der Waals surface area contributed by atoms with Crippen molar-refractivity contribution in [1.82, 2.24) is 9.97 Å². The number of para-hydroxylation sites is 1. The molecule has 2 aromatic carbocycles. The lowest BCUT2D eigenvalue weighted by Gasteiger charge is -2.18. The monoisotopic (exact) mass is 423 g/mol. The zero-order valence-corrected chi connectivity index (χ0v) is 16.4. The number of carbonyl (C=O) groups excluding carboxylic acids is 1. The summed E-state index contributed by atoms with van der Waals surface area (Å²) in [6, 6.07) is 13.8. The number of rotatable bonds is 6. The van der Waals surface area contributed by atoms with Gasteiger partial charge in [0.25, 0.3) is 5.91 Å². The van der Waals surface area contributed by atoms with Crippen molar-refractivity contribution in [3.63, 3.8) is 0 Å². The van der Waals surface area contributed by atoms with Crippen LogP contribution < -0.4 is 9.64 Å². The number of hydrogen-bond acceptors (Lipinski definition) is 5. The number of hydrogen-bond donors (Lipinski definition) is 0. The van der Waals surface area contributed by atoms with Gasteiger partial charge in [-0.15, -0.1) is 0 Å². The molecule has 0 aliphatic heterocycles. The van der Waals surface area contributed by atoms with Gasteiger partial charge in [0.1, 0.15) is 5.82 Å². The van der Waals surface area contributed by atoms with E-state index in [1.807, 2.05) is 6.07 Å². The molecule has 0 N–H and O–H groups in total. The van der Waals surface area contributed by atoms with Crippen LogP contribution in [-0.2, 0) is 11.3 Å². The Morgan fingerprint density at radius 2 is 2.00 bits per heavy atom. The molecule has 30 heavy (non-hydrogen) atoms. The molecule has 0 aliphatic rings. The number of pyridine rings is 1. The van der Waals surface area contributed by atoms with Gasteiger partial charge in [-0.2, -0.15) is 0 Å². The van der Waals surface area contributed by atoms with Crippen LogP contribution in [0.2, 0.25) is 0 Å². The van der Waals surface area contributed by atoms with E-state index in [9.17, 15) is 13.6 Å². The van der Waals surface area contributed by atoms with E-state index in [2.05, 4.69) is 9.97 Å². The van der Waals surface area contributed by atoms with Crippen molar-refractivity contribution in [2.24, 2.45) is 0 Å². The van der Waals surface area contributed by atoms with Crippen molar-refractivity contribution in [3.05, 3.63) is 96.5 Å². The summed E-state index contributed by atoms with van der Waals surface area (Å²) < 4.78 is 33.2. The average molecular weight is 423 g/mol. The Labute approximate surface area is 174 Å². The van der Waals surface area contributed by atoms with Gasteiger partial charge in [0.15, 0.2) is 16.7 Å². The zero-order valence-electron chi connectivity index (χ0n) is 15.5. The highest BCUT2D eigenvalue weighted by Gasteiger charge is 2.19. The molecule has 5 nitrogen and oxygen atoms in total. The summed E-state index contributed by atoms with van der Waals surface area (Å²) >= 11 is 1.27. The third kappa shape index (κ3) is 4.49. The Kier molecular flexibility index (Phi) is 5.76. The summed E-state index contributed by atoms with van der Waals surface area (Å²) in [6.07, 6.45) is 5.60. The summed E-state index contributed by atoms with van der Waals surface area (Å²) in [5.74, 6) is -1.34. The Morgan fingerprint density at radius 3 is 2.80 bits per heavy atom. The fourth-order valence-electron chi connectivity index (χ4n) is 2.71. The molecule has 0 unspecified atom stereocenters. The van der Waals surface area contributed by atoms with Crippen LogP contribution in [0.4, 0.5) is 13.9 Å². The second kappa shape index (κ2) is 8.79. The molecule has 0 bridgehead atoms. The molecule has 8 heteroatoms. The van der Waals surface area contributed by atoms with Gasteiger partial charge in [0.2, 0.25) is 0 Å². The highest BCUT2D eigenvalue weighted by Crippen LogP contribution is 2.30. The lowest BCUT2D eigenvalue weighted by atomic mass is 10.2. The number of nitrogens with zero attached hydrogens (tertiary/aromatic N) is 3. The van der Waals surface area contributed by atoms with Gasteiger partial charge in [-0.3, -0.25) is 14.7 Å². The number of anilines is 1. The molecule has 150 valence electrons. The molecule has 0 saturated heterocycles. The molecule has 0 spiro atoms. The number of fused-ring (bicyclic) bond motifs is 1. The Bertz CT molecular complexity index is 1210. The first-order valence-corrected chi connectivity index (χ1v) is 9.76. The summed E-state index contributed by atoms with van der Waals surface area (Å²) in [5, 5.41) is 0.403. The number of thiazole rings is 1. The van der Waals surface area contributed by atoms with Gasteiger partial charge in [0.05, 0.1) is 23.0 Å². The molecule has 1 amide bonds. The number of carbonyl (C=O) groups is 1. The molecule has 4 aromatic rings. The highest BCUT2D eigenvalue weighted by atomic mass is 32.1. The molecule has 0 radical (unpaired) electrons. The Morgan fingerprint density at radius 1 is 1.13 bits per heavy atom. The fraction of sp³-hybridized carbons (Fsp3) is 0.0455. The van der Waals surface area contributed by atoms with Crippen LogP contribution in [0, 0.1) is 11.6 Å². The van der Waals surface area contributed by atoms with E-state index >= 15 is 0 Å². The predicted octanol–water partition coefficient (Wildman–Crippen LogP) is 5.10. The molecule has 2 aromatic heterocycles. The molecule has 0 saturated carbocycles. The van der Waals surface area contributed by atoms with Crippen LogP contribution in [-0.4, -0.2) is 15.9 Å². The average Bonchev–Trinajstić information content (AvgIpc) is 3.17. The number of aromatic nitrogens is 2. The Balaban J connectivity index is 1.61. The van der Waals surface area contributed by atoms with Crippen molar-refractivity contribution in [1.29, 1.82) is 0 Å². The lowest BCUT2D eigenvalue weighted by molar-refractivity contribution is -0.114. The molecule has 2 heterocycles. The van der Waals surface area contributed by atoms with Gasteiger partial charge >= 0.3 is 0 Å². The molecular weight excluding hydrogens is 408 g/mol. The summed E-state index contributed by atoms with van der Waals surface area (Å²) in [7, 11) is 0. The lowest BCUT2D eigenvalue weighted by Crippen LogP contribution is -2.28. The van der Waals surface area contributed by atoms with Crippen LogP contribution in [0.15, 0.2) is 79.3 Å². The summed E-state index contributed by atoms with van der Waals surface area (Å²) in [6.45, 7) is 0.207. The van der Waals surface area contributed by atoms with Gasteiger partial charge in [0, 0.05) is 24.5 Å². The molecular formula is C22H15F2N3O2S. The van der Waals surface area contributed by atoms with E-state index in [0.717, 1.165) is 16.5 Å². The maximum Gasteiger partial charge on any atom is 0.256 e. The first-order chi connectivity index (χ1) is 14.6. The van der Waals surface area contributed by atoms with Crippen molar-refractivity contribution >= 4 is 32.6 Å². The van der Waals surface area contributed by atoms with Crippen molar-refractivity contribution < 1.29 is 18.3 Å². The normalized spacial score (nSPS) is 11.1. The topological polar surface area (TPSA) is 55.3 Å². The maximum absolute atomic E-state index is 13.7. The van der Waals surface area contributed by atoms with Crippen LogP contribution >= 0.6 is 11.3 Å². The van der Waals surface area contributed by atoms with Crippen LogP contribution in [0.3, 0.4) is 0 Å². The fourth-order valence-corrected chi connectivity index (χ4v) is 3.66. The predicted molar refractivity (Wildman–Crippen MR) is 111 cm³/mol. The van der Waals surface area contributed by atoms with E-state index in [4.69, 9.17) is 4.74 Å². The first kappa shape index (κ1) is 19.7. The van der Waals surface area contributed by atoms with Gasteiger partial charge < -0.3 is 4.74 Å². The second-order valence-corrected chi connectivity index (χ2v) is 7.25. The third-order valence-electron chi connectivity index (χ3n) is 4.14. The van der Waals surface area contributed by atoms with E-state index in [0.29, 0.717) is 10.6 Å². The SMILES string of the molecule is O=C(C=COc1ccccc1F)N(Cc1cccnc1)c1nc2cc(F)ccc2s1. The quantitative estimate of drug-likeness (QED) is 0.320. The largest absolute Gasteiger partial charge is 0.462 e. The number of ether oxygens (including phenoxy) is 1. The summed E-state index contributed by atoms with van der Waals surface area (Å²) in [4.78, 5) is 22.8. The van der Waals surface area contributed by atoms with Crippen molar-refractivity contribution in [3.8, 4) is 5.75 Å². The van der Waals surface area contributed by atoms with Crippen molar-refractivity contribution in [2.75, 3.05) is 4.90 Å². The van der Waals surface area contributed by atoms with Gasteiger partial charge in [-0.25, -0.2) is 13.8 Å². The maximum atomic E-state index is 13.7. The van der Waals surface area contributed by atoms with Crippen LogP contribution in [0.5, 0.6) is 5.75 Å². The van der Waals surface area contributed by atoms with E-state index in [1.165, 1.54) is 46.6 Å². The minimum atomic E-state index is -0.532. The number of halogens is 2. The van der Waals surface area contributed by atoms with Gasteiger partial charge in [-0.05, 0) is 35.9 Å². The number of amides is 1. The first-order valence-electron chi connectivity index (χ1n) is 8.94. The molecule has 0 aliphatic carbocycles. The van der Waals surface area contributed by atoms with E-state index in [-0.39, 0.29) is 12.3 Å². The minimum Gasteiger partial charge on any atom is -0.462 e. The Hall–Kier alpha value is -3.65. The molecule has 0 fully saturated rings. The van der Waals surface area contributed by atoms with Crippen molar-refractivity contribution in [2.45, 2.75) is 6.54 Å². The van der Waals surface area contributed by atoms with E-state index in [1.54, 1.807) is 36.7 Å².